The van der Waals surface area contributed by atoms with Crippen LogP contribution in [0.1, 0.15) is 27.9 Å². The zero-order chi connectivity index (χ0) is 18.5. The highest BCUT2D eigenvalue weighted by molar-refractivity contribution is 6.07. The fourth-order valence-electron chi connectivity index (χ4n) is 3.85. The van der Waals surface area contributed by atoms with Gasteiger partial charge in [0.2, 0.25) is 5.91 Å². The number of nitrogens with one attached hydrogen (secondary N) is 1. The first-order valence-electron chi connectivity index (χ1n) is 8.19. The summed E-state index contributed by atoms with van der Waals surface area (Å²) in [6.45, 7) is 0.299. The third kappa shape index (κ3) is 2.38. The van der Waals surface area contributed by atoms with Gasteiger partial charge in [-0.2, -0.15) is 13.2 Å². The van der Waals surface area contributed by atoms with E-state index in [1.807, 2.05) is 12.1 Å². The molecule has 1 saturated heterocycles. The predicted octanol–water partition coefficient (Wildman–Crippen LogP) is 3.44. The molecule has 1 N–H and O–H groups in total. The lowest BCUT2D eigenvalue weighted by atomic mass is 9.81. The quantitative estimate of drug-likeness (QED) is 0.847. The largest absolute Gasteiger partial charge is 0.417 e. The van der Waals surface area contributed by atoms with Crippen LogP contribution in [0.15, 0.2) is 48.5 Å². The van der Waals surface area contributed by atoms with Gasteiger partial charge in [0.15, 0.2) is 0 Å². The number of hydrogen-bond acceptors (Lipinski definition) is 2. The second-order valence-electron chi connectivity index (χ2n) is 6.60. The average Bonchev–Trinajstić information content (AvgIpc) is 3.18. The normalized spacial score (nSPS) is 21.8. The van der Waals surface area contributed by atoms with E-state index in [2.05, 4.69) is 5.32 Å². The Bertz CT molecular complexity index is 910. The van der Waals surface area contributed by atoms with Gasteiger partial charge in [-0.1, -0.05) is 30.3 Å². The molecule has 0 bridgehead atoms. The van der Waals surface area contributed by atoms with Crippen LogP contribution in [-0.2, 0) is 16.4 Å². The van der Waals surface area contributed by atoms with Crippen molar-refractivity contribution in [2.45, 2.75) is 18.0 Å². The molecule has 26 heavy (non-hydrogen) atoms. The van der Waals surface area contributed by atoms with Crippen molar-refractivity contribution in [3.05, 3.63) is 65.2 Å². The SMILES string of the molecule is O=C(c1ccccc1C(F)(F)F)N1CC[C@@]2(C1)C(=O)Nc1ccccc12. The van der Waals surface area contributed by atoms with Crippen molar-refractivity contribution < 1.29 is 22.8 Å². The number of anilines is 1. The molecule has 0 aromatic heterocycles. The third-order valence-corrected chi connectivity index (χ3v) is 5.14. The molecule has 0 radical (unpaired) electrons. The van der Waals surface area contributed by atoms with E-state index in [1.165, 1.54) is 23.1 Å². The van der Waals surface area contributed by atoms with Crippen LogP contribution < -0.4 is 5.32 Å². The molecule has 1 atom stereocenters. The molecule has 2 amide bonds. The molecule has 0 saturated carbocycles. The molecule has 2 aliphatic heterocycles. The highest BCUT2D eigenvalue weighted by Gasteiger charge is 2.52. The molecule has 4 rings (SSSR count). The first kappa shape index (κ1) is 16.6. The first-order chi connectivity index (χ1) is 12.3. The molecule has 1 fully saturated rings. The molecule has 2 aromatic rings. The van der Waals surface area contributed by atoms with Crippen LogP contribution in [0.3, 0.4) is 0 Å². The summed E-state index contributed by atoms with van der Waals surface area (Å²) in [6, 6.07) is 12.0. The number of alkyl halides is 3. The van der Waals surface area contributed by atoms with E-state index in [0.717, 1.165) is 11.6 Å². The Labute approximate surface area is 147 Å². The van der Waals surface area contributed by atoms with Crippen molar-refractivity contribution in [2.75, 3.05) is 18.4 Å². The topological polar surface area (TPSA) is 49.4 Å². The second-order valence-corrected chi connectivity index (χ2v) is 6.60. The summed E-state index contributed by atoms with van der Waals surface area (Å²) in [6.07, 6.45) is -4.23. The molecule has 4 nitrogen and oxygen atoms in total. The number of fused-ring (bicyclic) bond motifs is 2. The lowest BCUT2D eigenvalue weighted by Crippen LogP contribution is -2.39. The van der Waals surface area contributed by atoms with E-state index in [9.17, 15) is 22.8 Å². The monoisotopic (exact) mass is 360 g/mol. The summed E-state index contributed by atoms with van der Waals surface area (Å²) in [5, 5.41) is 2.81. The number of hydrogen-bond donors (Lipinski definition) is 1. The zero-order valence-electron chi connectivity index (χ0n) is 13.6. The van der Waals surface area contributed by atoms with Gasteiger partial charge in [-0.25, -0.2) is 0 Å². The van der Waals surface area contributed by atoms with Gasteiger partial charge in [-0.05, 0) is 30.2 Å². The van der Waals surface area contributed by atoms with Crippen molar-refractivity contribution in [2.24, 2.45) is 0 Å². The third-order valence-electron chi connectivity index (χ3n) is 5.14. The van der Waals surface area contributed by atoms with Crippen LogP contribution in [-0.4, -0.2) is 29.8 Å². The smallest absolute Gasteiger partial charge is 0.337 e. The van der Waals surface area contributed by atoms with Gasteiger partial charge < -0.3 is 10.2 Å². The second kappa shape index (κ2) is 5.59. The van der Waals surface area contributed by atoms with Gasteiger partial charge in [0.25, 0.3) is 5.91 Å². The minimum Gasteiger partial charge on any atom is -0.337 e. The Morgan fingerprint density at radius 1 is 1.08 bits per heavy atom. The highest BCUT2D eigenvalue weighted by atomic mass is 19.4. The Morgan fingerprint density at radius 3 is 2.54 bits per heavy atom. The van der Waals surface area contributed by atoms with Crippen molar-refractivity contribution >= 4 is 17.5 Å². The number of para-hydroxylation sites is 1. The number of rotatable bonds is 1. The van der Waals surface area contributed by atoms with Gasteiger partial charge in [-0.3, -0.25) is 9.59 Å². The summed E-state index contributed by atoms with van der Waals surface area (Å²) in [4.78, 5) is 26.7. The van der Waals surface area contributed by atoms with E-state index in [-0.39, 0.29) is 24.6 Å². The van der Waals surface area contributed by atoms with Crippen LogP contribution in [0.4, 0.5) is 18.9 Å². The van der Waals surface area contributed by atoms with Crippen LogP contribution in [0.25, 0.3) is 0 Å². The van der Waals surface area contributed by atoms with Gasteiger partial charge in [0.1, 0.15) is 0 Å². The fourth-order valence-corrected chi connectivity index (χ4v) is 3.85. The van der Waals surface area contributed by atoms with Crippen molar-refractivity contribution in [1.82, 2.24) is 4.90 Å². The Balaban J connectivity index is 1.67. The highest BCUT2D eigenvalue weighted by Crippen LogP contribution is 2.44. The Morgan fingerprint density at radius 2 is 1.77 bits per heavy atom. The van der Waals surface area contributed by atoms with Crippen LogP contribution in [0.5, 0.6) is 0 Å². The Hall–Kier alpha value is -2.83. The molecule has 0 aliphatic carbocycles. The van der Waals surface area contributed by atoms with E-state index in [1.54, 1.807) is 12.1 Å². The maximum atomic E-state index is 13.2. The van der Waals surface area contributed by atoms with E-state index in [0.29, 0.717) is 12.1 Å². The van der Waals surface area contributed by atoms with Crippen LogP contribution >= 0.6 is 0 Å². The Kier molecular flexibility index (Phi) is 3.57. The molecular formula is C19H15F3N2O2. The van der Waals surface area contributed by atoms with Crippen molar-refractivity contribution in [1.29, 1.82) is 0 Å². The average molecular weight is 360 g/mol. The minimum absolute atomic E-state index is 0.0703. The van der Waals surface area contributed by atoms with Crippen molar-refractivity contribution in [3.63, 3.8) is 0 Å². The molecule has 2 heterocycles. The first-order valence-corrected chi connectivity index (χ1v) is 8.19. The van der Waals surface area contributed by atoms with E-state index >= 15 is 0 Å². The van der Waals surface area contributed by atoms with Crippen LogP contribution in [0.2, 0.25) is 0 Å². The minimum atomic E-state index is -4.61. The van der Waals surface area contributed by atoms with Gasteiger partial charge >= 0.3 is 6.18 Å². The number of halogens is 3. The molecule has 2 aromatic carbocycles. The molecule has 1 spiro atoms. The van der Waals surface area contributed by atoms with E-state index in [4.69, 9.17) is 0 Å². The summed E-state index contributed by atoms with van der Waals surface area (Å²) in [7, 11) is 0. The summed E-state index contributed by atoms with van der Waals surface area (Å²) < 4.78 is 39.6. The van der Waals surface area contributed by atoms with Crippen molar-refractivity contribution in [3.8, 4) is 0 Å². The van der Waals surface area contributed by atoms with E-state index < -0.39 is 23.1 Å². The summed E-state index contributed by atoms with van der Waals surface area (Å²) in [5.74, 6) is -0.912. The lowest BCUT2D eigenvalue weighted by molar-refractivity contribution is -0.138. The van der Waals surface area contributed by atoms with Crippen LogP contribution in [0, 0.1) is 0 Å². The molecule has 134 valence electrons. The molecule has 2 aliphatic rings. The number of carbonyl (C=O) groups is 2. The number of nitrogens with zero attached hydrogens (tertiary/aromatic N) is 1. The summed E-state index contributed by atoms with van der Waals surface area (Å²) in [5.41, 5.74) is -0.739. The molecule has 7 heteroatoms. The fraction of sp³-hybridized carbons (Fsp3) is 0.263. The lowest BCUT2D eigenvalue weighted by Gasteiger charge is -2.23. The standard InChI is InChI=1S/C19H15F3N2O2/c20-19(21,22)13-6-2-1-5-12(13)16(25)24-10-9-18(11-24)14-7-3-4-8-15(14)23-17(18)26/h1-8H,9-11H2,(H,23,26)/t18-/m0/s1. The molecular weight excluding hydrogens is 345 g/mol. The summed E-state index contributed by atoms with van der Waals surface area (Å²) >= 11 is 0. The van der Waals surface area contributed by atoms with Gasteiger partial charge in [0.05, 0.1) is 16.5 Å². The molecule has 0 unspecified atom stereocenters. The number of amides is 2. The number of likely N-dealkylation sites (tertiary alicyclic amines) is 1. The van der Waals surface area contributed by atoms with Gasteiger partial charge in [-0.15, -0.1) is 0 Å². The number of carbonyl (C=O) groups excluding carboxylic acids is 2. The van der Waals surface area contributed by atoms with Gasteiger partial charge in [0, 0.05) is 18.8 Å². The number of benzene rings is 2. The zero-order valence-corrected chi connectivity index (χ0v) is 13.6. The predicted molar refractivity (Wildman–Crippen MR) is 88.7 cm³/mol. The maximum Gasteiger partial charge on any atom is 0.417 e. The maximum absolute atomic E-state index is 13.2.